The van der Waals surface area contributed by atoms with Crippen molar-refractivity contribution in [1.82, 2.24) is 15.3 Å². The van der Waals surface area contributed by atoms with Gasteiger partial charge in [-0.05, 0) is 67.5 Å². The molecule has 0 saturated heterocycles. The van der Waals surface area contributed by atoms with Crippen molar-refractivity contribution in [1.29, 1.82) is 0 Å². The van der Waals surface area contributed by atoms with Gasteiger partial charge in [0.05, 0.1) is 9.85 Å². The van der Waals surface area contributed by atoms with E-state index in [1.54, 1.807) is 24.3 Å². The second-order valence-corrected chi connectivity index (χ2v) is 7.83. The Hall–Kier alpha value is -3.98. The summed E-state index contributed by atoms with van der Waals surface area (Å²) in [6.07, 6.45) is 11.9. The first-order valence-corrected chi connectivity index (χ1v) is 11.2. The smallest absolute Gasteiger partial charge is 0.270 e. The van der Waals surface area contributed by atoms with Gasteiger partial charge in [0.1, 0.15) is 6.33 Å². The second-order valence-electron chi connectivity index (χ2n) is 7.83. The molecule has 0 spiro atoms. The van der Waals surface area contributed by atoms with Crippen LogP contribution in [0.3, 0.4) is 0 Å². The Morgan fingerprint density at radius 2 is 1.44 bits per heavy atom. The lowest BCUT2D eigenvalue weighted by Crippen LogP contribution is -2.16. The molecule has 1 heterocycles. The number of non-ortho nitro benzene ring substituents is 2. The lowest BCUT2D eigenvalue weighted by molar-refractivity contribution is -0.385. The molecule has 9 heteroatoms. The molecule has 34 heavy (non-hydrogen) atoms. The molecule has 0 aliphatic rings. The van der Waals surface area contributed by atoms with E-state index in [4.69, 9.17) is 0 Å². The minimum atomic E-state index is -0.441. The van der Waals surface area contributed by atoms with Crippen LogP contribution in [0, 0.1) is 20.2 Å². The van der Waals surface area contributed by atoms with E-state index >= 15 is 0 Å². The predicted octanol–water partition coefficient (Wildman–Crippen LogP) is 5.12. The number of nitro benzene ring substituents is 2. The summed E-state index contributed by atoms with van der Waals surface area (Å²) in [6.45, 7) is 1.75. The largest absolute Gasteiger partial charge is 0.317 e. The van der Waals surface area contributed by atoms with Crippen molar-refractivity contribution in [2.24, 2.45) is 0 Å². The molecule has 3 aromatic rings. The first kappa shape index (κ1) is 24.7. The van der Waals surface area contributed by atoms with E-state index in [1.165, 1.54) is 30.6 Å². The molecule has 1 N–H and O–H groups in total. The van der Waals surface area contributed by atoms with Crippen molar-refractivity contribution < 1.29 is 9.85 Å². The van der Waals surface area contributed by atoms with Crippen molar-refractivity contribution in [2.75, 3.05) is 13.1 Å². The molecule has 2 aromatic carbocycles. The number of hydrogen-bond donors (Lipinski definition) is 1. The van der Waals surface area contributed by atoms with E-state index in [2.05, 4.69) is 15.3 Å². The van der Waals surface area contributed by atoms with Gasteiger partial charge in [-0.15, -0.1) is 0 Å². The second kappa shape index (κ2) is 12.9. The fourth-order valence-corrected chi connectivity index (χ4v) is 3.61. The summed E-state index contributed by atoms with van der Waals surface area (Å²) in [6, 6.07) is 12.7. The fourth-order valence-electron chi connectivity index (χ4n) is 3.61. The molecule has 0 fully saturated rings. The van der Waals surface area contributed by atoms with Gasteiger partial charge >= 0.3 is 0 Å². The van der Waals surface area contributed by atoms with Crippen molar-refractivity contribution >= 4 is 16.9 Å². The molecule has 0 atom stereocenters. The maximum absolute atomic E-state index is 11.2. The highest BCUT2D eigenvalue weighted by atomic mass is 16.6. The summed E-state index contributed by atoms with van der Waals surface area (Å²) in [5.41, 5.74) is 3.18. The van der Waals surface area contributed by atoms with Crippen molar-refractivity contribution in [3.8, 4) is 0 Å². The van der Waals surface area contributed by atoms with Crippen LogP contribution in [0.25, 0.3) is 5.57 Å². The van der Waals surface area contributed by atoms with E-state index in [-0.39, 0.29) is 11.4 Å². The maximum atomic E-state index is 11.2. The quantitative estimate of drug-likeness (QED) is 0.213. The summed E-state index contributed by atoms with van der Waals surface area (Å²) in [4.78, 5) is 29.6. The first-order valence-electron chi connectivity index (χ1n) is 11.2. The zero-order valence-corrected chi connectivity index (χ0v) is 18.8. The zero-order chi connectivity index (χ0) is 24.2. The average Bonchev–Trinajstić information content (AvgIpc) is 2.86. The summed E-state index contributed by atoms with van der Waals surface area (Å²) < 4.78 is 0. The van der Waals surface area contributed by atoms with Crippen LogP contribution in [0.1, 0.15) is 42.4 Å². The molecule has 0 amide bonds. The van der Waals surface area contributed by atoms with Crippen LogP contribution in [-0.4, -0.2) is 32.9 Å². The van der Waals surface area contributed by atoms with Crippen molar-refractivity contribution in [3.63, 3.8) is 0 Å². The number of unbranched alkanes of at least 4 members (excludes halogenated alkanes) is 2. The van der Waals surface area contributed by atoms with E-state index in [0.29, 0.717) is 11.1 Å². The van der Waals surface area contributed by atoms with E-state index < -0.39 is 9.85 Å². The van der Waals surface area contributed by atoms with Gasteiger partial charge in [-0.3, -0.25) is 20.2 Å². The van der Waals surface area contributed by atoms with E-state index in [0.717, 1.165) is 56.3 Å². The molecule has 0 unspecified atom stereocenters. The SMILES string of the molecule is O=[N+]([O-])c1cccc(C(=CCCCNCCCCc2cncnc2)c2cccc([N+](=O)[O-])c2)c1. The highest BCUT2D eigenvalue weighted by Crippen LogP contribution is 2.29. The molecule has 0 bridgehead atoms. The van der Waals surface area contributed by atoms with Gasteiger partial charge < -0.3 is 5.32 Å². The van der Waals surface area contributed by atoms with Crippen LogP contribution in [0.4, 0.5) is 11.4 Å². The molecular weight excluding hydrogens is 434 g/mol. The van der Waals surface area contributed by atoms with Gasteiger partial charge in [-0.1, -0.05) is 30.3 Å². The van der Waals surface area contributed by atoms with Gasteiger partial charge in [-0.2, -0.15) is 0 Å². The number of nitrogens with zero attached hydrogens (tertiary/aromatic N) is 4. The Morgan fingerprint density at radius 3 is 2.03 bits per heavy atom. The Morgan fingerprint density at radius 1 is 0.853 bits per heavy atom. The van der Waals surface area contributed by atoms with Crippen LogP contribution in [0.2, 0.25) is 0 Å². The highest BCUT2D eigenvalue weighted by Gasteiger charge is 2.13. The van der Waals surface area contributed by atoms with Gasteiger partial charge in [0.15, 0.2) is 0 Å². The Labute approximate surface area is 197 Å². The summed E-state index contributed by atoms with van der Waals surface area (Å²) >= 11 is 0. The van der Waals surface area contributed by atoms with Crippen LogP contribution in [-0.2, 0) is 6.42 Å². The number of hydrogen-bond acceptors (Lipinski definition) is 7. The zero-order valence-electron chi connectivity index (χ0n) is 18.8. The molecule has 0 radical (unpaired) electrons. The maximum Gasteiger partial charge on any atom is 0.270 e. The third-order valence-corrected chi connectivity index (χ3v) is 5.33. The number of rotatable bonds is 13. The number of aromatic nitrogens is 2. The first-order chi connectivity index (χ1) is 16.5. The molecule has 1 aromatic heterocycles. The van der Waals surface area contributed by atoms with Crippen LogP contribution in [0.15, 0.2) is 73.3 Å². The summed E-state index contributed by atoms with van der Waals surface area (Å²) in [5.74, 6) is 0. The Kier molecular flexibility index (Phi) is 9.36. The molecule has 0 aliphatic carbocycles. The summed E-state index contributed by atoms with van der Waals surface area (Å²) in [5, 5.41) is 25.9. The standard InChI is InChI=1S/C25H27N5O4/c31-29(32)23-10-5-8-21(15-23)25(22-9-6-11-24(16-22)30(33)34)12-2-4-14-26-13-3-1-7-20-17-27-19-28-18-20/h5-6,8-12,15-19,26H,1-4,7,13-14H2. The molecule has 3 rings (SSSR count). The third kappa shape index (κ3) is 7.56. The number of aryl methyl sites for hydroxylation is 1. The van der Waals surface area contributed by atoms with E-state index in [1.807, 2.05) is 18.5 Å². The van der Waals surface area contributed by atoms with Gasteiger partial charge in [0.2, 0.25) is 0 Å². The Balaban J connectivity index is 1.57. The van der Waals surface area contributed by atoms with Crippen molar-refractivity contribution in [3.05, 3.63) is 110 Å². The minimum Gasteiger partial charge on any atom is -0.317 e. The average molecular weight is 462 g/mol. The number of nitro groups is 2. The van der Waals surface area contributed by atoms with E-state index in [9.17, 15) is 20.2 Å². The molecular formula is C25H27N5O4. The van der Waals surface area contributed by atoms with Gasteiger partial charge in [-0.25, -0.2) is 9.97 Å². The number of benzene rings is 2. The monoisotopic (exact) mass is 461 g/mol. The normalized spacial score (nSPS) is 10.6. The summed E-state index contributed by atoms with van der Waals surface area (Å²) in [7, 11) is 0. The minimum absolute atomic E-state index is 0.0161. The van der Waals surface area contributed by atoms with Crippen LogP contribution < -0.4 is 5.32 Å². The van der Waals surface area contributed by atoms with Crippen LogP contribution in [0.5, 0.6) is 0 Å². The number of nitrogens with one attached hydrogen (secondary N) is 1. The topological polar surface area (TPSA) is 124 Å². The molecule has 0 saturated carbocycles. The third-order valence-electron chi connectivity index (χ3n) is 5.33. The highest BCUT2D eigenvalue weighted by molar-refractivity contribution is 5.81. The molecule has 9 nitrogen and oxygen atoms in total. The molecule has 0 aliphatic heterocycles. The predicted molar refractivity (Wildman–Crippen MR) is 130 cm³/mol. The molecule has 176 valence electrons. The fraction of sp³-hybridized carbons (Fsp3) is 0.280. The van der Waals surface area contributed by atoms with Crippen molar-refractivity contribution in [2.45, 2.75) is 32.1 Å². The lowest BCUT2D eigenvalue weighted by Gasteiger charge is -2.10. The lowest BCUT2D eigenvalue weighted by atomic mass is 9.95. The van der Waals surface area contributed by atoms with Crippen LogP contribution >= 0.6 is 0 Å². The number of allylic oxidation sites excluding steroid dienone is 1. The Bertz CT molecular complexity index is 1080. The van der Waals surface area contributed by atoms with Gasteiger partial charge in [0.25, 0.3) is 11.4 Å². The van der Waals surface area contributed by atoms with Gasteiger partial charge in [0, 0.05) is 36.7 Å².